The first-order chi connectivity index (χ1) is 8.73. The first-order valence-electron chi connectivity index (χ1n) is 7.19. The van der Waals surface area contributed by atoms with E-state index in [-0.39, 0.29) is 11.4 Å². The minimum Gasteiger partial charge on any atom is -0.466 e. The van der Waals surface area contributed by atoms with E-state index in [1.165, 1.54) is 0 Å². The van der Waals surface area contributed by atoms with E-state index < -0.39 is 11.5 Å². The zero-order valence-corrected chi connectivity index (χ0v) is 13.2. The Bertz CT molecular complexity index is 291. The Balaban J connectivity index is 5.21. The molecule has 0 rings (SSSR count). The molecule has 0 bridgehead atoms. The molecule has 1 N–H and O–H groups in total. The van der Waals surface area contributed by atoms with Gasteiger partial charge in [-0.25, -0.2) is 0 Å². The summed E-state index contributed by atoms with van der Waals surface area (Å²) >= 11 is 0. The second kappa shape index (κ2) is 7.68. The molecule has 0 amide bonds. The van der Waals surface area contributed by atoms with Gasteiger partial charge in [0.1, 0.15) is 0 Å². The first kappa shape index (κ1) is 18.2. The Kier molecular flexibility index (Phi) is 7.35. The van der Waals surface area contributed by atoms with Crippen LogP contribution < -0.4 is 0 Å². The molecule has 3 nitrogen and oxygen atoms in total. The van der Waals surface area contributed by atoms with Gasteiger partial charge in [0.05, 0.1) is 18.1 Å². The predicted octanol–water partition coefficient (Wildman–Crippen LogP) is 3.71. The average molecular weight is 270 g/mol. The number of rotatable bonds is 8. The fraction of sp³-hybridized carbons (Fsp3) is 0.812. The molecular weight excluding hydrogens is 240 g/mol. The van der Waals surface area contributed by atoms with Crippen molar-refractivity contribution in [3.05, 3.63) is 12.7 Å². The van der Waals surface area contributed by atoms with Crippen molar-refractivity contribution in [2.24, 2.45) is 10.8 Å². The number of hydrogen-bond acceptors (Lipinski definition) is 3. The smallest absolute Gasteiger partial charge is 0.312 e. The van der Waals surface area contributed by atoms with Crippen molar-refractivity contribution < 1.29 is 14.6 Å². The molecular formula is C16H30O3. The third-order valence-electron chi connectivity index (χ3n) is 3.56. The number of allylic oxidation sites excluding steroid dienone is 1. The molecule has 0 unspecified atom stereocenters. The van der Waals surface area contributed by atoms with Crippen LogP contribution >= 0.6 is 0 Å². The molecule has 0 aliphatic carbocycles. The summed E-state index contributed by atoms with van der Waals surface area (Å²) in [5.41, 5.74) is -0.883. The number of aliphatic hydroxyl groups excluding tert-OH is 1. The number of aliphatic hydroxyl groups is 1. The zero-order chi connectivity index (χ0) is 15.1. The molecule has 0 aromatic rings. The quantitative estimate of drug-likeness (QED) is 0.540. The highest BCUT2D eigenvalue weighted by Crippen LogP contribution is 2.39. The van der Waals surface area contributed by atoms with Gasteiger partial charge in [0, 0.05) is 0 Å². The lowest BCUT2D eigenvalue weighted by Gasteiger charge is -2.36. The molecule has 0 radical (unpaired) electrons. The Labute approximate surface area is 118 Å². The van der Waals surface area contributed by atoms with E-state index in [9.17, 15) is 9.90 Å². The molecule has 0 aromatic heterocycles. The summed E-state index contributed by atoms with van der Waals surface area (Å²) in [7, 11) is 0. The highest BCUT2D eigenvalue weighted by Gasteiger charge is 2.42. The van der Waals surface area contributed by atoms with Gasteiger partial charge in [-0.3, -0.25) is 4.79 Å². The SMILES string of the molecule is C=CC[C@](CCC)(C[C@@H](O)C(C)(C)C)C(=O)OCC. The Morgan fingerprint density at radius 2 is 1.95 bits per heavy atom. The van der Waals surface area contributed by atoms with Gasteiger partial charge < -0.3 is 9.84 Å². The van der Waals surface area contributed by atoms with Gasteiger partial charge in [-0.15, -0.1) is 6.58 Å². The maximum absolute atomic E-state index is 12.3. The van der Waals surface area contributed by atoms with Crippen molar-refractivity contribution >= 4 is 5.97 Å². The molecule has 3 heteroatoms. The second-order valence-corrected chi connectivity index (χ2v) is 6.33. The van der Waals surface area contributed by atoms with Crippen molar-refractivity contribution in [3.63, 3.8) is 0 Å². The number of hydrogen-bond donors (Lipinski definition) is 1. The fourth-order valence-electron chi connectivity index (χ4n) is 2.27. The number of carbonyl (C=O) groups excluding carboxylic acids is 1. The van der Waals surface area contributed by atoms with E-state index in [1.807, 2.05) is 34.6 Å². The highest BCUT2D eigenvalue weighted by molar-refractivity contribution is 5.77. The molecule has 0 aliphatic heterocycles. The lowest BCUT2D eigenvalue weighted by molar-refractivity contribution is -0.159. The van der Waals surface area contributed by atoms with Crippen LogP contribution in [-0.2, 0) is 9.53 Å². The maximum atomic E-state index is 12.3. The van der Waals surface area contributed by atoms with Crippen LogP contribution in [0.2, 0.25) is 0 Å². The normalized spacial score (nSPS) is 16.5. The summed E-state index contributed by atoms with van der Waals surface area (Å²) in [5.74, 6) is -0.208. The molecule has 0 fully saturated rings. The maximum Gasteiger partial charge on any atom is 0.312 e. The molecule has 0 heterocycles. The lowest BCUT2D eigenvalue weighted by Crippen LogP contribution is -2.40. The molecule has 0 spiro atoms. The number of esters is 1. The van der Waals surface area contributed by atoms with Gasteiger partial charge in [0.2, 0.25) is 0 Å². The third kappa shape index (κ3) is 5.35. The van der Waals surface area contributed by atoms with Crippen LogP contribution in [0.5, 0.6) is 0 Å². The van der Waals surface area contributed by atoms with Crippen molar-refractivity contribution in [2.45, 2.75) is 66.4 Å². The second-order valence-electron chi connectivity index (χ2n) is 6.33. The minimum atomic E-state index is -0.640. The van der Waals surface area contributed by atoms with Crippen molar-refractivity contribution in [3.8, 4) is 0 Å². The van der Waals surface area contributed by atoms with E-state index in [4.69, 9.17) is 4.74 Å². The van der Waals surface area contributed by atoms with Gasteiger partial charge in [-0.1, -0.05) is 40.2 Å². The molecule has 0 aliphatic rings. The molecule has 0 aromatic carbocycles. The summed E-state index contributed by atoms with van der Waals surface area (Å²) in [6.45, 7) is 13.9. The Morgan fingerprint density at radius 3 is 2.32 bits per heavy atom. The topological polar surface area (TPSA) is 46.5 Å². The largest absolute Gasteiger partial charge is 0.466 e. The predicted molar refractivity (Wildman–Crippen MR) is 78.9 cm³/mol. The zero-order valence-electron chi connectivity index (χ0n) is 13.2. The molecule has 0 saturated heterocycles. The molecule has 112 valence electrons. The standard InChI is InChI=1S/C16H30O3/c1-7-10-16(11-8-2,14(18)19-9-3)12-13(17)15(4,5)6/h7,13,17H,1,8-12H2,2-6H3/t13-,16+/m1/s1. The Hall–Kier alpha value is -0.830. The van der Waals surface area contributed by atoms with Crippen LogP contribution in [0.25, 0.3) is 0 Å². The van der Waals surface area contributed by atoms with E-state index in [0.717, 1.165) is 6.42 Å². The van der Waals surface area contributed by atoms with Crippen LogP contribution in [0, 0.1) is 10.8 Å². The van der Waals surface area contributed by atoms with Crippen LogP contribution in [0.1, 0.15) is 60.3 Å². The van der Waals surface area contributed by atoms with Crippen LogP contribution in [0.3, 0.4) is 0 Å². The summed E-state index contributed by atoms with van der Waals surface area (Å²) < 4.78 is 5.23. The highest BCUT2D eigenvalue weighted by atomic mass is 16.5. The fourth-order valence-corrected chi connectivity index (χ4v) is 2.27. The lowest BCUT2D eigenvalue weighted by atomic mass is 9.71. The van der Waals surface area contributed by atoms with E-state index in [0.29, 0.717) is 25.9 Å². The van der Waals surface area contributed by atoms with Crippen molar-refractivity contribution in [2.75, 3.05) is 6.61 Å². The van der Waals surface area contributed by atoms with E-state index in [2.05, 4.69) is 6.58 Å². The minimum absolute atomic E-state index is 0.208. The van der Waals surface area contributed by atoms with E-state index >= 15 is 0 Å². The summed E-state index contributed by atoms with van der Waals surface area (Å²) in [4.78, 5) is 12.3. The van der Waals surface area contributed by atoms with Crippen molar-refractivity contribution in [1.29, 1.82) is 0 Å². The van der Waals surface area contributed by atoms with Crippen LogP contribution in [0.4, 0.5) is 0 Å². The summed E-state index contributed by atoms with van der Waals surface area (Å²) in [6, 6.07) is 0. The number of carbonyl (C=O) groups is 1. The van der Waals surface area contributed by atoms with Crippen LogP contribution in [-0.4, -0.2) is 23.8 Å². The first-order valence-corrected chi connectivity index (χ1v) is 7.19. The monoisotopic (exact) mass is 270 g/mol. The van der Waals surface area contributed by atoms with Gasteiger partial charge >= 0.3 is 5.97 Å². The Morgan fingerprint density at radius 1 is 1.37 bits per heavy atom. The molecule has 2 atom stereocenters. The van der Waals surface area contributed by atoms with E-state index in [1.54, 1.807) is 6.08 Å². The van der Waals surface area contributed by atoms with Gasteiger partial charge in [-0.2, -0.15) is 0 Å². The van der Waals surface area contributed by atoms with Gasteiger partial charge in [-0.05, 0) is 31.6 Å². The van der Waals surface area contributed by atoms with Crippen molar-refractivity contribution in [1.82, 2.24) is 0 Å². The summed E-state index contributed by atoms with van der Waals surface area (Å²) in [6.07, 6.45) is 3.78. The summed E-state index contributed by atoms with van der Waals surface area (Å²) in [5, 5.41) is 10.3. The number of ether oxygens (including phenoxy) is 1. The molecule has 19 heavy (non-hydrogen) atoms. The van der Waals surface area contributed by atoms with Gasteiger partial charge in [0.15, 0.2) is 0 Å². The van der Waals surface area contributed by atoms with Crippen LogP contribution in [0.15, 0.2) is 12.7 Å². The average Bonchev–Trinajstić information content (AvgIpc) is 2.28. The molecule has 0 saturated carbocycles. The third-order valence-corrected chi connectivity index (χ3v) is 3.56. The van der Waals surface area contributed by atoms with Gasteiger partial charge in [0.25, 0.3) is 0 Å².